The summed E-state index contributed by atoms with van der Waals surface area (Å²) in [6.45, 7) is 12.7. The molecule has 4 heteroatoms. The molecule has 20 heavy (non-hydrogen) atoms. The second-order valence-electron chi connectivity index (χ2n) is 6.92. The van der Waals surface area contributed by atoms with Gasteiger partial charge >= 0.3 is 0 Å². The number of nitrogens with zero attached hydrogens (tertiary/aromatic N) is 2. The molecule has 0 radical (unpaired) electrons. The second kappa shape index (κ2) is 7.53. The molecule has 114 valence electrons. The Bertz CT molecular complexity index is 375. The van der Waals surface area contributed by atoms with Crippen LogP contribution in [0.1, 0.15) is 45.4 Å². The fraction of sp³-hybridized carbons (Fsp3) is 0.812. The van der Waals surface area contributed by atoms with Gasteiger partial charge in [-0.15, -0.1) is 11.3 Å². The van der Waals surface area contributed by atoms with Crippen LogP contribution in [0.4, 0.5) is 0 Å². The zero-order chi connectivity index (χ0) is 14.5. The minimum Gasteiger partial charge on any atom is -0.311 e. The van der Waals surface area contributed by atoms with Crippen LogP contribution in [0.15, 0.2) is 11.7 Å². The third-order valence-electron chi connectivity index (χ3n) is 3.96. The Labute approximate surface area is 127 Å². The van der Waals surface area contributed by atoms with E-state index in [1.54, 1.807) is 11.3 Å². The van der Waals surface area contributed by atoms with Gasteiger partial charge in [0.15, 0.2) is 0 Å². The lowest BCUT2D eigenvalue weighted by Gasteiger charge is -2.41. The normalized spacial score (nSPS) is 24.7. The monoisotopic (exact) mass is 295 g/mol. The SMILES string of the molecule is CC(C)CC1CN(Cc2cncs2)C(CC(C)C)CN1. The highest BCUT2D eigenvalue weighted by Crippen LogP contribution is 2.21. The number of thiazole rings is 1. The van der Waals surface area contributed by atoms with Crippen LogP contribution in [0.25, 0.3) is 0 Å². The maximum Gasteiger partial charge on any atom is 0.0794 e. The summed E-state index contributed by atoms with van der Waals surface area (Å²) in [6, 6.07) is 1.31. The van der Waals surface area contributed by atoms with Crippen molar-refractivity contribution in [1.82, 2.24) is 15.2 Å². The molecule has 2 unspecified atom stereocenters. The van der Waals surface area contributed by atoms with Crippen LogP contribution in [0.3, 0.4) is 0 Å². The molecule has 3 nitrogen and oxygen atoms in total. The largest absolute Gasteiger partial charge is 0.311 e. The third kappa shape index (κ3) is 4.83. The predicted molar refractivity (Wildman–Crippen MR) is 87.0 cm³/mol. The molecule has 1 aromatic heterocycles. The smallest absolute Gasteiger partial charge is 0.0794 e. The molecule has 0 amide bonds. The van der Waals surface area contributed by atoms with Crippen LogP contribution in [0.2, 0.25) is 0 Å². The average molecular weight is 295 g/mol. The zero-order valence-electron chi connectivity index (χ0n) is 13.3. The summed E-state index contributed by atoms with van der Waals surface area (Å²) in [4.78, 5) is 8.29. The Morgan fingerprint density at radius 2 is 2.05 bits per heavy atom. The van der Waals surface area contributed by atoms with Gasteiger partial charge in [-0.1, -0.05) is 27.7 Å². The first-order chi connectivity index (χ1) is 9.54. The molecule has 1 aliphatic heterocycles. The molecule has 1 aromatic rings. The van der Waals surface area contributed by atoms with Crippen molar-refractivity contribution in [1.29, 1.82) is 0 Å². The number of hydrogen-bond donors (Lipinski definition) is 1. The number of nitrogens with one attached hydrogen (secondary N) is 1. The van der Waals surface area contributed by atoms with Crippen LogP contribution in [0, 0.1) is 11.8 Å². The Kier molecular flexibility index (Phi) is 6.00. The summed E-state index contributed by atoms with van der Waals surface area (Å²) >= 11 is 1.78. The first-order valence-electron chi connectivity index (χ1n) is 7.89. The van der Waals surface area contributed by atoms with Crippen LogP contribution in [-0.4, -0.2) is 35.1 Å². The van der Waals surface area contributed by atoms with E-state index in [9.17, 15) is 0 Å². The summed E-state index contributed by atoms with van der Waals surface area (Å²) in [5.74, 6) is 1.52. The van der Waals surface area contributed by atoms with Crippen molar-refractivity contribution in [3.63, 3.8) is 0 Å². The molecule has 1 aliphatic rings. The number of rotatable bonds is 6. The summed E-state index contributed by atoms with van der Waals surface area (Å²) in [6.07, 6.45) is 4.57. The summed E-state index contributed by atoms with van der Waals surface area (Å²) in [5.41, 5.74) is 1.95. The number of hydrogen-bond acceptors (Lipinski definition) is 4. The van der Waals surface area contributed by atoms with E-state index in [-0.39, 0.29) is 0 Å². The molecule has 0 spiro atoms. The standard InChI is InChI=1S/C16H29N3S/c1-12(2)5-14-9-19(10-16-8-17-11-20-16)15(7-18-14)6-13(3)4/h8,11-15,18H,5-7,9-10H2,1-4H3. The fourth-order valence-electron chi connectivity index (χ4n) is 3.15. The van der Waals surface area contributed by atoms with Crippen molar-refractivity contribution in [2.24, 2.45) is 11.8 Å². The highest BCUT2D eigenvalue weighted by atomic mass is 32.1. The van der Waals surface area contributed by atoms with E-state index in [1.807, 2.05) is 11.7 Å². The molecule has 2 rings (SSSR count). The van der Waals surface area contributed by atoms with Crippen molar-refractivity contribution in [3.8, 4) is 0 Å². The highest BCUT2D eigenvalue weighted by molar-refractivity contribution is 7.09. The van der Waals surface area contributed by atoms with Crippen LogP contribution in [0.5, 0.6) is 0 Å². The van der Waals surface area contributed by atoms with E-state index in [0.29, 0.717) is 12.1 Å². The molecule has 0 saturated carbocycles. The van der Waals surface area contributed by atoms with E-state index in [4.69, 9.17) is 0 Å². The molecule has 2 atom stereocenters. The lowest BCUT2D eigenvalue weighted by atomic mass is 9.95. The molecule has 1 fully saturated rings. The van der Waals surface area contributed by atoms with Crippen molar-refractivity contribution in [2.75, 3.05) is 13.1 Å². The highest BCUT2D eigenvalue weighted by Gasteiger charge is 2.28. The van der Waals surface area contributed by atoms with Crippen LogP contribution in [-0.2, 0) is 6.54 Å². The average Bonchev–Trinajstić information content (AvgIpc) is 2.84. The second-order valence-corrected chi connectivity index (χ2v) is 7.89. The van der Waals surface area contributed by atoms with Gasteiger partial charge in [0.2, 0.25) is 0 Å². The molecule has 1 saturated heterocycles. The Hall–Kier alpha value is -0.450. The minimum absolute atomic E-state index is 0.645. The van der Waals surface area contributed by atoms with Gasteiger partial charge in [-0.3, -0.25) is 9.88 Å². The Balaban J connectivity index is 1.98. The molecule has 0 bridgehead atoms. The maximum absolute atomic E-state index is 4.22. The molecular formula is C16H29N3S. The van der Waals surface area contributed by atoms with Crippen molar-refractivity contribution in [2.45, 2.75) is 59.2 Å². The summed E-state index contributed by atoms with van der Waals surface area (Å²) in [7, 11) is 0. The van der Waals surface area contributed by atoms with Crippen molar-refractivity contribution >= 4 is 11.3 Å². The molecule has 0 aliphatic carbocycles. The van der Waals surface area contributed by atoms with Gasteiger partial charge < -0.3 is 5.32 Å². The van der Waals surface area contributed by atoms with Gasteiger partial charge in [-0.05, 0) is 24.7 Å². The van der Waals surface area contributed by atoms with Gasteiger partial charge in [0.05, 0.1) is 5.51 Å². The van der Waals surface area contributed by atoms with E-state index in [1.165, 1.54) is 24.3 Å². The van der Waals surface area contributed by atoms with Gasteiger partial charge in [0.1, 0.15) is 0 Å². The van der Waals surface area contributed by atoms with Gasteiger partial charge in [0, 0.05) is 42.8 Å². The fourth-order valence-corrected chi connectivity index (χ4v) is 3.77. The van der Waals surface area contributed by atoms with E-state index < -0.39 is 0 Å². The predicted octanol–water partition coefficient (Wildman–Crippen LogP) is 3.38. The van der Waals surface area contributed by atoms with E-state index >= 15 is 0 Å². The van der Waals surface area contributed by atoms with Gasteiger partial charge in [0.25, 0.3) is 0 Å². The first kappa shape index (κ1) is 15.9. The van der Waals surface area contributed by atoms with Gasteiger partial charge in [-0.2, -0.15) is 0 Å². The van der Waals surface area contributed by atoms with Gasteiger partial charge in [-0.25, -0.2) is 0 Å². The third-order valence-corrected chi connectivity index (χ3v) is 4.72. The van der Waals surface area contributed by atoms with Crippen LogP contribution < -0.4 is 5.32 Å². The quantitative estimate of drug-likeness (QED) is 0.872. The Morgan fingerprint density at radius 3 is 2.65 bits per heavy atom. The Morgan fingerprint density at radius 1 is 1.30 bits per heavy atom. The zero-order valence-corrected chi connectivity index (χ0v) is 14.1. The minimum atomic E-state index is 0.645. The molecule has 1 N–H and O–H groups in total. The van der Waals surface area contributed by atoms with E-state index in [0.717, 1.165) is 24.9 Å². The molecular weight excluding hydrogens is 266 g/mol. The molecule has 0 aromatic carbocycles. The lowest BCUT2D eigenvalue weighted by Crippen LogP contribution is -2.56. The maximum atomic E-state index is 4.22. The number of piperazine rings is 1. The number of aromatic nitrogens is 1. The lowest BCUT2D eigenvalue weighted by molar-refractivity contribution is 0.101. The summed E-state index contributed by atoms with van der Waals surface area (Å²) in [5, 5.41) is 3.76. The van der Waals surface area contributed by atoms with E-state index in [2.05, 4.69) is 42.9 Å². The summed E-state index contributed by atoms with van der Waals surface area (Å²) < 4.78 is 0. The van der Waals surface area contributed by atoms with Crippen molar-refractivity contribution in [3.05, 3.63) is 16.6 Å². The first-order valence-corrected chi connectivity index (χ1v) is 8.77. The topological polar surface area (TPSA) is 28.2 Å². The molecule has 2 heterocycles. The van der Waals surface area contributed by atoms with Crippen molar-refractivity contribution < 1.29 is 0 Å². The van der Waals surface area contributed by atoms with Crippen LogP contribution >= 0.6 is 11.3 Å².